The van der Waals surface area contributed by atoms with E-state index in [4.69, 9.17) is 4.42 Å². The molecule has 114 valence electrons. The predicted molar refractivity (Wildman–Crippen MR) is 77.1 cm³/mol. The average Bonchev–Trinajstić information content (AvgIpc) is 3.11. The van der Waals surface area contributed by atoms with Crippen LogP contribution in [0.1, 0.15) is 31.9 Å². The molecule has 1 aromatic rings. The van der Waals surface area contributed by atoms with Crippen LogP contribution in [0.2, 0.25) is 0 Å². The molecule has 3 atom stereocenters. The molecule has 5 nitrogen and oxygen atoms in total. The standard InChI is InChI=1S/C16H22N2O3/c1-11-4-2-6-18(10-11)16(20)14-8-13(14)15(19)17-9-12-5-3-7-21-12/h3,5,7,11,13-14H,2,4,6,8-10H2,1H3,(H,17,19). The van der Waals surface area contributed by atoms with Gasteiger partial charge in [0.2, 0.25) is 11.8 Å². The molecule has 1 aliphatic carbocycles. The summed E-state index contributed by atoms with van der Waals surface area (Å²) in [6.45, 7) is 4.26. The first kappa shape index (κ1) is 14.2. The van der Waals surface area contributed by atoms with Crippen molar-refractivity contribution < 1.29 is 14.0 Å². The van der Waals surface area contributed by atoms with Crippen LogP contribution in [-0.4, -0.2) is 29.8 Å². The lowest BCUT2D eigenvalue weighted by Crippen LogP contribution is -2.40. The van der Waals surface area contributed by atoms with Crippen molar-refractivity contribution in [1.29, 1.82) is 0 Å². The zero-order valence-electron chi connectivity index (χ0n) is 12.4. The second-order valence-electron chi connectivity index (χ2n) is 6.28. The molecule has 1 saturated carbocycles. The maximum atomic E-state index is 12.4. The zero-order chi connectivity index (χ0) is 14.8. The van der Waals surface area contributed by atoms with Gasteiger partial charge in [0.1, 0.15) is 5.76 Å². The molecular weight excluding hydrogens is 268 g/mol. The van der Waals surface area contributed by atoms with Crippen molar-refractivity contribution in [3.05, 3.63) is 24.2 Å². The Morgan fingerprint density at radius 3 is 3.00 bits per heavy atom. The second kappa shape index (κ2) is 5.92. The van der Waals surface area contributed by atoms with Gasteiger partial charge in [-0.2, -0.15) is 0 Å². The second-order valence-corrected chi connectivity index (χ2v) is 6.28. The maximum Gasteiger partial charge on any atom is 0.226 e. The van der Waals surface area contributed by atoms with Crippen LogP contribution in [-0.2, 0) is 16.1 Å². The molecule has 1 N–H and O–H groups in total. The molecule has 1 saturated heterocycles. The van der Waals surface area contributed by atoms with Crippen LogP contribution in [0.3, 0.4) is 0 Å². The third-order valence-electron chi connectivity index (χ3n) is 4.43. The molecule has 2 aliphatic rings. The Labute approximate surface area is 124 Å². The van der Waals surface area contributed by atoms with E-state index in [0.717, 1.165) is 25.3 Å². The lowest BCUT2D eigenvalue weighted by atomic mass is 10.00. The lowest BCUT2D eigenvalue weighted by molar-refractivity contribution is -0.136. The molecule has 0 aromatic carbocycles. The number of likely N-dealkylation sites (tertiary alicyclic amines) is 1. The van der Waals surface area contributed by atoms with E-state index in [1.165, 1.54) is 6.42 Å². The third-order valence-corrected chi connectivity index (χ3v) is 4.43. The fourth-order valence-electron chi connectivity index (χ4n) is 3.10. The van der Waals surface area contributed by atoms with Crippen LogP contribution < -0.4 is 5.32 Å². The number of hydrogen-bond acceptors (Lipinski definition) is 3. The number of amides is 2. The molecule has 0 spiro atoms. The lowest BCUT2D eigenvalue weighted by Gasteiger charge is -2.31. The molecule has 1 aromatic heterocycles. The molecule has 0 radical (unpaired) electrons. The first-order valence-electron chi connectivity index (χ1n) is 7.74. The van der Waals surface area contributed by atoms with Crippen molar-refractivity contribution in [2.75, 3.05) is 13.1 Å². The Hall–Kier alpha value is -1.78. The summed E-state index contributed by atoms with van der Waals surface area (Å²) in [5.74, 6) is 1.19. The van der Waals surface area contributed by atoms with Gasteiger partial charge in [0.25, 0.3) is 0 Å². The SMILES string of the molecule is CC1CCCN(C(=O)C2CC2C(=O)NCc2ccco2)C1. The number of carbonyl (C=O) groups excluding carboxylic acids is 2. The van der Waals surface area contributed by atoms with Crippen LogP contribution in [0.15, 0.2) is 22.8 Å². The summed E-state index contributed by atoms with van der Waals surface area (Å²) in [7, 11) is 0. The van der Waals surface area contributed by atoms with E-state index in [1.807, 2.05) is 11.0 Å². The topological polar surface area (TPSA) is 62.6 Å². The first-order valence-corrected chi connectivity index (χ1v) is 7.74. The largest absolute Gasteiger partial charge is 0.467 e. The summed E-state index contributed by atoms with van der Waals surface area (Å²) in [6.07, 6.45) is 4.55. The molecule has 3 rings (SSSR count). The van der Waals surface area contributed by atoms with Crippen LogP contribution in [0.25, 0.3) is 0 Å². The van der Waals surface area contributed by atoms with E-state index in [9.17, 15) is 9.59 Å². The van der Waals surface area contributed by atoms with Gasteiger partial charge in [-0.25, -0.2) is 0 Å². The Balaban J connectivity index is 1.46. The Morgan fingerprint density at radius 1 is 1.43 bits per heavy atom. The van der Waals surface area contributed by atoms with Gasteiger partial charge in [0, 0.05) is 13.1 Å². The summed E-state index contributed by atoms with van der Waals surface area (Å²) in [5, 5.41) is 2.84. The number of piperidine rings is 1. The number of furan rings is 1. The van der Waals surface area contributed by atoms with Crippen molar-refractivity contribution >= 4 is 11.8 Å². The minimum Gasteiger partial charge on any atom is -0.467 e. The first-order chi connectivity index (χ1) is 10.1. The van der Waals surface area contributed by atoms with Crippen LogP contribution in [0.4, 0.5) is 0 Å². The normalized spacial score (nSPS) is 28.2. The highest BCUT2D eigenvalue weighted by atomic mass is 16.3. The summed E-state index contributed by atoms with van der Waals surface area (Å²) in [6, 6.07) is 3.62. The van der Waals surface area contributed by atoms with Crippen LogP contribution in [0.5, 0.6) is 0 Å². The molecule has 3 unspecified atom stereocenters. The van der Waals surface area contributed by atoms with E-state index in [0.29, 0.717) is 18.9 Å². The minimum absolute atomic E-state index is 0.0326. The van der Waals surface area contributed by atoms with Gasteiger partial charge in [-0.3, -0.25) is 9.59 Å². The summed E-state index contributed by atoms with van der Waals surface area (Å²) >= 11 is 0. The molecule has 1 aliphatic heterocycles. The van der Waals surface area contributed by atoms with Gasteiger partial charge in [-0.1, -0.05) is 6.92 Å². The minimum atomic E-state index is -0.148. The zero-order valence-corrected chi connectivity index (χ0v) is 12.4. The fourth-order valence-corrected chi connectivity index (χ4v) is 3.10. The van der Waals surface area contributed by atoms with Crippen LogP contribution in [0, 0.1) is 17.8 Å². The molecule has 21 heavy (non-hydrogen) atoms. The highest BCUT2D eigenvalue weighted by Crippen LogP contribution is 2.40. The third kappa shape index (κ3) is 3.28. The van der Waals surface area contributed by atoms with E-state index in [1.54, 1.807) is 12.3 Å². The van der Waals surface area contributed by atoms with E-state index >= 15 is 0 Å². The van der Waals surface area contributed by atoms with Crippen molar-refractivity contribution in [2.24, 2.45) is 17.8 Å². The summed E-state index contributed by atoms with van der Waals surface area (Å²) in [4.78, 5) is 26.4. The average molecular weight is 290 g/mol. The van der Waals surface area contributed by atoms with Gasteiger partial charge in [0.15, 0.2) is 0 Å². The van der Waals surface area contributed by atoms with E-state index < -0.39 is 0 Å². The number of carbonyl (C=O) groups is 2. The number of rotatable bonds is 4. The number of hydrogen-bond donors (Lipinski definition) is 1. The molecular formula is C16H22N2O3. The van der Waals surface area contributed by atoms with Crippen molar-refractivity contribution in [3.8, 4) is 0 Å². The highest BCUT2D eigenvalue weighted by molar-refractivity contribution is 5.92. The molecule has 0 bridgehead atoms. The van der Waals surface area contributed by atoms with Crippen molar-refractivity contribution in [3.63, 3.8) is 0 Å². The summed E-state index contributed by atoms with van der Waals surface area (Å²) in [5.41, 5.74) is 0. The number of nitrogens with zero attached hydrogens (tertiary/aromatic N) is 1. The van der Waals surface area contributed by atoms with Crippen molar-refractivity contribution in [2.45, 2.75) is 32.7 Å². The molecule has 2 fully saturated rings. The number of nitrogens with one attached hydrogen (secondary N) is 1. The molecule has 2 heterocycles. The van der Waals surface area contributed by atoms with Crippen LogP contribution >= 0.6 is 0 Å². The smallest absolute Gasteiger partial charge is 0.226 e. The van der Waals surface area contributed by atoms with Gasteiger partial charge in [0.05, 0.1) is 24.6 Å². The van der Waals surface area contributed by atoms with Gasteiger partial charge >= 0.3 is 0 Å². The Kier molecular flexibility index (Phi) is 3.99. The summed E-state index contributed by atoms with van der Waals surface area (Å²) < 4.78 is 5.18. The van der Waals surface area contributed by atoms with Gasteiger partial charge in [-0.05, 0) is 37.3 Å². The van der Waals surface area contributed by atoms with Gasteiger partial charge < -0.3 is 14.6 Å². The molecule has 2 amide bonds. The van der Waals surface area contributed by atoms with E-state index in [-0.39, 0.29) is 23.7 Å². The Bertz CT molecular complexity index is 512. The quantitative estimate of drug-likeness (QED) is 0.919. The van der Waals surface area contributed by atoms with Gasteiger partial charge in [-0.15, -0.1) is 0 Å². The fraction of sp³-hybridized carbons (Fsp3) is 0.625. The maximum absolute atomic E-state index is 12.4. The Morgan fingerprint density at radius 2 is 2.29 bits per heavy atom. The van der Waals surface area contributed by atoms with E-state index in [2.05, 4.69) is 12.2 Å². The highest BCUT2D eigenvalue weighted by Gasteiger charge is 2.49. The monoisotopic (exact) mass is 290 g/mol. The molecule has 5 heteroatoms. The predicted octanol–water partition coefficient (Wildman–Crippen LogP) is 1.79. The van der Waals surface area contributed by atoms with Crippen molar-refractivity contribution in [1.82, 2.24) is 10.2 Å².